The van der Waals surface area contributed by atoms with Crippen LogP contribution in [0.25, 0.3) is 10.9 Å². The van der Waals surface area contributed by atoms with Crippen LogP contribution in [0.4, 0.5) is 0 Å². The van der Waals surface area contributed by atoms with E-state index in [1.54, 1.807) is 6.20 Å². The summed E-state index contributed by atoms with van der Waals surface area (Å²) >= 11 is 0. The highest BCUT2D eigenvalue weighted by Gasteiger charge is 2.40. The molecule has 28 heavy (non-hydrogen) atoms. The van der Waals surface area contributed by atoms with Gasteiger partial charge >= 0.3 is 0 Å². The van der Waals surface area contributed by atoms with E-state index in [2.05, 4.69) is 22.5 Å². The van der Waals surface area contributed by atoms with Crippen molar-refractivity contribution in [3.63, 3.8) is 0 Å². The van der Waals surface area contributed by atoms with Crippen LogP contribution in [0.15, 0.2) is 30.5 Å². The van der Waals surface area contributed by atoms with Crippen molar-refractivity contribution < 1.29 is 14.4 Å². The molecule has 148 valence electrons. The number of carbonyl (C=O) groups excluding carboxylic acids is 3. The minimum atomic E-state index is -0.569. The summed E-state index contributed by atoms with van der Waals surface area (Å²) in [6.07, 6.45) is 6.89. The van der Waals surface area contributed by atoms with Crippen LogP contribution in [-0.2, 0) is 9.59 Å². The number of ketones is 1. The summed E-state index contributed by atoms with van der Waals surface area (Å²) in [5, 5.41) is 6.78. The summed E-state index contributed by atoms with van der Waals surface area (Å²) in [4.78, 5) is 40.3. The van der Waals surface area contributed by atoms with Crippen LogP contribution in [0.2, 0.25) is 0 Å². The first-order chi connectivity index (χ1) is 13.6. The van der Waals surface area contributed by atoms with E-state index < -0.39 is 11.7 Å². The second-order valence-electron chi connectivity index (χ2n) is 8.15. The Morgan fingerprint density at radius 3 is 2.86 bits per heavy atom. The van der Waals surface area contributed by atoms with E-state index in [0.29, 0.717) is 30.2 Å². The standard InChI is InChI=1S/C22H27N3O3/c1-2-5-13-10-20(26)25-19-11-14(8-9-15(13)19)24-22(28)21(27)17-12-23-18-7-4-3-6-16(17)18/h3-4,6-7,12-15,19,23H,2,5,8-11H2,1H3,(H,24,28)(H,25,26). The maximum absolute atomic E-state index is 12.7. The van der Waals surface area contributed by atoms with Crippen molar-refractivity contribution in [2.45, 2.75) is 57.5 Å². The second kappa shape index (κ2) is 7.78. The van der Waals surface area contributed by atoms with E-state index >= 15 is 0 Å². The van der Waals surface area contributed by atoms with Crippen molar-refractivity contribution in [2.75, 3.05) is 0 Å². The summed E-state index contributed by atoms with van der Waals surface area (Å²) in [7, 11) is 0. The quantitative estimate of drug-likeness (QED) is 0.549. The molecule has 4 unspecified atom stereocenters. The Morgan fingerprint density at radius 1 is 1.21 bits per heavy atom. The number of fused-ring (bicyclic) bond motifs is 2. The number of piperidine rings is 1. The fraction of sp³-hybridized carbons (Fsp3) is 0.500. The molecular formula is C22H27N3O3. The molecule has 6 nitrogen and oxygen atoms in total. The van der Waals surface area contributed by atoms with Gasteiger partial charge in [-0.3, -0.25) is 14.4 Å². The van der Waals surface area contributed by atoms with Crippen molar-refractivity contribution in [3.05, 3.63) is 36.0 Å². The number of aromatic amines is 1. The van der Waals surface area contributed by atoms with Gasteiger partial charge in [0.2, 0.25) is 5.91 Å². The van der Waals surface area contributed by atoms with E-state index in [4.69, 9.17) is 0 Å². The van der Waals surface area contributed by atoms with Crippen LogP contribution in [0.3, 0.4) is 0 Å². The van der Waals surface area contributed by atoms with Crippen molar-refractivity contribution in [1.82, 2.24) is 15.6 Å². The Bertz CT molecular complexity index is 903. The molecule has 1 aromatic carbocycles. The van der Waals surface area contributed by atoms with Crippen LogP contribution in [-0.4, -0.2) is 34.7 Å². The lowest BCUT2D eigenvalue weighted by molar-refractivity contribution is -0.127. The number of amides is 2. The largest absolute Gasteiger partial charge is 0.360 e. The van der Waals surface area contributed by atoms with Gasteiger partial charge in [0.15, 0.2) is 0 Å². The lowest BCUT2D eigenvalue weighted by Crippen LogP contribution is -2.55. The van der Waals surface area contributed by atoms with Crippen molar-refractivity contribution in [2.24, 2.45) is 11.8 Å². The molecule has 1 aliphatic heterocycles. The average molecular weight is 381 g/mol. The van der Waals surface area contributed by atoms with Gasteiger partial charge in [-0.05, 0) is 43.6 Å². The van der Waals surface area contributed by atoms with Crippen molar-refractivity contribution in [1.29, 1.82) is 0 Å². The van der Waals surface area contributed by atoms with Gasteiger partial charge in [-0.25, -0.2) is 0 Å². The number of hydrogen-bond acceptors (Lipinski definition) is 3. The number of benzene rings is 1. The highest BCUT2D eigenvalue weighted by Crippen LogP contribution is 2.37. The monoisotopic (exact) mass is 381 g/mol. The number of H-pyrrole nitrogens is 1. The minimum absolute atomic E-state index is 0.0800. The summed E-state index contributed by atoms with van der Waals surface area (Å²) in [5.41, 5.74) is 1.24. The number of nitrogens with one attached hydrogen (secondary N) is 3. The normalized spacial score (nSPS) is 27.1. The van der Waals surface area contributed by atoms with E-state index in [1.165, 1.54) is 0 Å². The highest BCUT2D eigenvalue weighted by molar-refractivity contribution is 6.45. The molecule has 2 aromatic rings. The molecule has 2 amide bonds. The van der Waals surface area contributed by atoms with Gasteiger partial charge in [0.25, 0.3) is 11.7 Å². The Morgan fingerprint density at radius 2 is 2.04 bits per heavy atom. The van der Waals surface area contributed by atoms with Crippen molar-refractivity contribution in [3.8, 4) is 0 Å². The maximum atomic E-state index is 12.7. The molecule has 4 rings (SSSR count). The number of hydrogen-bond donors (Lipinski definition) is 3. The summed E-state index contributed by atoms with van der Waals surface area (Å²) in [6, 6.07) is 7.47. The molecule has 2 aliphatic rings. The summed E-state index contributed by atoms with van der Waals surface area (Å²) in [5.74, 6) is -0.0542. The first kappa shape index (κ1) is 18.7. The fourth-order valence-electron chi connectivity index (χ4n) is 5.03. The molecule has 1 aliphatic carbocycles. The highest BCUT2D eigenvalue weighted by atomic mass is 16.2. The van der Waals surface area contributed by atoms with Crippen LogP contribution < -0.4 is 10.6 Å². The smallest absolute Gasteiger partial charge is 0.292 e. The Labute approximate surface area is 164 Å². The third-order valence-corrected chi connectivity index (χ3v) is 6.34. The van der Waals surface area contributed by atoms with Gasteiger partial charge in [-0.15, -0.1) is 0 Å². The second-order valence-corrected chi connectivity index (χ2v) is 8.15. The van der Waals surface area contributed by atoms with E-state index in [-0.39, 0.29) is 18.0 Å². The van der Waals surface area contributed by atoms with Gasteiger partial charge in [0, 0.05) is 35.6 Å². The predicted octanol–water partition coefficient (Wildman–Crippen LogP) is 2.94. The van der Waals surface area contributed by atoms with Gasteiger partial charge in [0.1, 0.15) is 0 Å². The van der Waals surface area contributed by atoms with E-state index in [0.717, 1.165) is 36.6 Å². The van der Waals surface area contributed by atoms with Crippen molar-refractivity contribution >= 4 is 28.5 Å². The van der Waals surface area contributed by atoms with Gasteiger partial charge in [-0.1, -0.05) is 31.5 Å². The molecule has 1 saturated heterocycles. The molecular weight excluding hydrogens is 354 g/mol. The lowest BCUT2D eigenvalue weighted by atomic mass is 9.70. The van der Waals surface area contributed by atoms with Crippen LogP contribution in [0.1, 0.15) is 55.8 Å². The molecule has 3 N–H and O–H groups in total. The zero-order chi connectivity index (χ0) is 19.7. The molecule has 6 heteroatoms. The molecule has 0 bridgehead atoms. The topological polar surface area (TPSA) is 91.1 Å². The summed E-state index contributed by atoms with van der Waals surface area (Å²) < 4.78 is 0. The molecule has 0 radical (unpaired) electrons. The molecule has 0 spiro atoms. The van der Waals surface area contributed by atoms with Gasteiger partial charge in [0.05, 0.1) is 5.56 Å². The number of para-hydroxylation sites is 1. The third kappa shape index (κ3) is 3.55. The minimum Gasteiger partial charge on any atom is -0.360 e. The van der Waals surface area contributed by atoms with Crippen LogP contribution in [0.5, 0.6) is 0 Å². The molecule has 4 atom stereocenters. The molecule has 1 saturated carbocycles. The number of Topliss-reactive ketones (excluding diaryl/α,β-unsaturated/α-hetero) is 1. The first-order valence-electron chi connectivity index (χ1n) is 10.3. The zero-order valence-electron chi connectivity index (χ0n) is 16.2. The summed E-state index contributed by atoms with van der Waals surface area (Å²) in [6.45, 7) is 2.16. The Balaban J connectivity index is 1.41. The third-order valence-electron chi connectivity index (χ3n) is 6.34. The number of aromatic nitrogens is 1. The number of carbonyl (C=O) groups is 3. The zero-order valence-corrected chi connectivity index (χ0v) is 16.2. The molecule has 1 aromatic heterocycles. The Hall–Kier alpha value is -2.63. The van der Waals surface area contributed by atoms with Crippen LogP contribution >= 0.6 is 0 Å². The maximum Gasteiger partial charge on any atom is 0.292 e. The fourth-order valence-corrected chi connectivity index (χ4v) is 5.03. The average Bonchev–Trinajstić information content (AvgIpc) is 3.11. The van der Waals surface area contributed by atoms with E-state index in [1.807, 2.05) is 24.3 Å². The van der Waals surface area contributed by atoms with Gasteiger partial charge < -0.3 is 15.6 Å². The van der Waals surface area contributed by atoms with Crippen LogP contribution in [0, 0.1) is 11.8 Å². The predicted molar refractivity (Wildman–Crippen MR) is 107 cm³/mol. The first-order valence-corrected chi connectivity index (χ1v) is 10.3. The molecule has 2 fully saturated rings. The Kier molecular flexibility index (Phi) is 5.20. The number of rotatable bonds is 5. The SMILES string of the molecule is CCCC1CC(=O)NC2CC(NC(=O)C(=O)c3c[nH]c4ccccc34)CCC12. The van der Waals surface area contributed by atoms with Gasteiger partial charge in [-0.2, -0.15) is 0 Å². The lowest BCUT2D eigenvalue weighted by Gasteiger charge is -2.44. The molecule has 2 heterocycles. The van der Waals surface area contributed by atoms with E-state index in [9.17, 15) is 14.4 Å².